The number of nitrogens with zero attached hydrogens (tertiary/aromatic N) is 1. The van der Waals surface area contributed by atoms with E-state index in [2.05, 4.69) is 0 Å². The molecular weight excluding hydrogens is 287 g/mol. The molecule has 1 fully saturated rings. The van der Waals surface area contributed by atoms with Crippen molar-refractivity contribution >= 4 is 11.8 Å². The zero-order valence-corrected chi connectivity index (χ0v) is 12.5. The fourth-order valence-corrected chi connectivity index (χ4v) is 2.59. The Morgan fingerprint density at radius 3 is 2.91 bits per heavy atom. The molecule has 0 radical (unpaired) electrons. The summed E-state index contributed by atoms with van der Waals surface area (Å²) in [5.74, 6) is -0.123. The highest BCUT2D eigenvalue weighted by Gasteiger charge is 2.24. The molecule has 2 amide bonds. The molecule has 1 saturated heterocycles. The lowest BCUT2D eigenvalue weighted by molar-refractivity contribution is -0.134. The van der Waals surface area contributed by atoms with Gasteiger partial charge in [-0.15, -0.1) is 0 Å². The first-order valence-electron chi connectivity index (χ1n) is 7.49. The van der Waals surface area contributed by atoms with E-state index in [9.17, 15) is 14.0 Å². The summed E-state index contributed by atoms with van der Waals surface area (Å²) in [5.41, 5.74) is 5.06. The summed E-state index contributed by atoms with van der Waals surface area (Å²) in [6.45, 7) is 1.75. The number of ether oxygens (including phenoxy) is 1. The van der Waals surface area contributed by atoms with Gasteiger partial charge in [0.15, 0.2) is 0 Å². The number of carbonyl (C=O) groups excluding carboxylic acids is 2. The van der Waals surface area contributed by atoms with Crippen LogP contribution in [0.5, 0.6) is 5.75 Å². The highest BCUT2D eigenvalue weighted by Crippen LogP contribution is 2.20. The number of hydrogen-bond donors (Lipinski definition) is 1. The van der Waals surface area contributed by atoms with Crippen molar-refractivity contribution < 1.29 is 18.7 Å². The van der Waals surface area contributed by atoms with Crippen LogP contribution in [0.25, 0.3) is 0 Å². The van der Waals surface area contributed by atoms with Crippen molar-refractivity contribution in [1.29, 1.82) is 0 Å². The summed E-state index contributed by atoms with van der Waals surface area (Å²) in [6.07, 6.45) is 2.11. The van der Waals surface area contributed by atoms with Gasteiger partial charge < -0.3 is 15.4 Å². The lowest BCUT2D eigenvalue weighted by Crippen LogP contribution is -2.41. The van der Waals surface area contributed by atoms with Crippen molar-refractivity contribution in [2.45, 2.75) is 25.7 Å². The van der Waals surface area contributed by atoms with Crippen LogP contribution in [0.4, 0.5) is 4.39 Å². The molecule has 0 spiro atoms. The van der Waals surface area contributed by atoms with E-state index in [0.29, 0.717) is 25.4 Å². The van der Waals surface area contributed by atoms with Gasteiger partial charge in [-0.1, -0.05) is 6.07 Å². The molecule has 1 aliphatic heterocycles. The van der Waals surface area contributed by atoms with Crippen LogP contribution in [0.3, 0.4) is 0 Å². The third-order valence-corrected chi connectivity index (χ3v) is 3.74. The van der Waals surface area contributed by atoms with Gasteiger partial charge in [-0.2, -0.15) is 0 Å². The first kappa shape index (κ1) is 16.3. The maximum absolute atomic E-state index is 13.1. The van der Waals surface area contributed by atoms with Crippen molar-refractivity contribution in [3.8, 4) is 5.75 Å². The van der Waals surface area contributed by atoms with Crippen LogP contribution in [-0.4, -0.2) is 36.4 Å². The van der Waals surface area contributed by atoms with Crippen LogP contribution >= 0.6 is 0 Å². The maximum atomic E-state index is 13.1. The van der Waals surface area contributed by atoms with Gasteiger partial charge in [0.1, 0.15) is 11.6 Å². The van der Waals surface area contributed by atoms with Crippen molar-refractivity contribution in [1.82, 2.24) is 4.90 Å². The molecule has 0 aliphatic carbocycles. The molecular formula is C16H21FN2O3. The summed E-state index contributed by atoms with van der Waals surface area (Å²) < 4.78 is 18.7. The van der Waals surface area contributed by atoms with E-state index in [1.165, 1.54) is 12.1 Å². The van der Waals surface area contributed by atoms with E-state index in [-0.39, 0.29) is 30.5 Å². The minimum Gasteiger partial charge on any atom is -0.493 e. The van der Waals surface area contributed by atoms with Gasteiger partial charge in [0.05, 0.1) is 6.61 Å². The number of primary amides is 1. The minimum atomic E-state index is -0.462. The van der Waals surface area contributed by atoms with Crippen molar-refractivity contribution in [2.24, 2.45) is 11.7 Å². The van der Waals surface area contributed by atoms with Gasteiger partial charge in [0, 0.05) is 37.9 Å². The lowest BCUT2D eigenvalue weighted by atomic mass is 9.98. The Balaban J connectivity index is 1.80. The summed E-state index contributed by atoms with van der Waals surface area (Å²) in [5, 5.41) is 0. The molecule has 1 aromatic carbocycles. The Hall–Kier alpha value is -2.11. The van der Waals surface area contributed by atoms with Gasteiger partial charge >= 0.3 is 0 Å². The second-order valence-electron chi connectivity index (χ2n) is 5.58. The topological polar surface area (TPSA) is 72.6 Å². The summed E-state index contributed by atoms with van der Waals surface area (Å²) in [6, 6.07) is 6.03. The molecule has 0 unspecified atom stereocenters. The van der Waals surface area contributed by atoms with Crippen LogP contribution in [0.1, 0.15) is 25.7 Å². The molecule has 1 aliphatic rings. The summed E-state index contributed by atoms with van der Waals surface area (Å²) >= 11 is 0. The van der Waals surface area contributed by atoms with Gasteiger partial charge in [0.25, 0.3) is 0 Å². The largest absolute Gasteiger partial charge is 0.493 e. The Kier molecular flexibility index (Phi) is 5.75. The smallest absolute Gasteiger partial charge is 0.223 e. The van der Waals surface area contributed by atoms with E-state index in [1.54, 1.807) is 17.0 Å². The van der Waals surface area contributed by atoms with Crippen molar-refractivity contribution in [2.75, 3.05) is 19.7 Å². The molecule has 1 heterocycles. The van der Waals surface area contributed by atoms with Crippen LogP contribution in [0.2, 0.25) is 0 Å². The third-order valence-electron chi connectivity index (χ3n) is 3.74. The quantitative estimate of drug-likeness (QED) is 0.869. The molecule has 22 heavy (non-hydrogen) atoms. The lowest BCUT2D eigenvalue weighted by Gasteiger charge is -2.32. The first-order valence-corrected chi connectivity index (χ1v) is 7.49. The summed E-state index contributed by atoms with van der Waals surface area (Å²) in [4.78, 5) is 24.5. The van der Waals surface area contributed by atoms with E-state index < -0.39 is 5.91 Å². The Bertz CT molecular complexity index is 536. The number of rotatable bonds is 6. The van der Waals surface area contributed by atoms with Gasteiger partial charge in [-0.3, -0.25) is 9.59 Å². The number of benzene rings is 1. The fraction of sp³-hybridized carbons (Fsp3) is 0.500. The van der Waals surface area contributed by atoms with E-state index in [4.69, 9.17) is 10.5 Å². The molecule has 0 aromatic heterocycles. The van der Waals surface area contributed by atoms with E-state index >= 15 is 0 Å². The van der Waals surface area contributed by atoms with Crippen molar-refractivity contribution in [3.63, 3.8) is 0 Å². The van der Waals surface area contributed by atoms with Crippen LogP contribution < -0.4 is 10.5 Å². The highest BCUT2D eigenvalue weighted by atomic mass is 19.1. The third kappa shape index (κ3) is 5.02. The molecule has 1 atom stereocenters. The SMILES string of the molecule is NC(=O)CCC(=O)N1CCC[C@H](COc2cccc(F)c2)C1. The Labute approximate surface area is 129 Å². The monoisotopic (exact) mass is 308 g/mol. The molecule has 6 heteroatoms. The number of piperidine rings is 1. The minimum absolute atomic E-state index is 0.0470. The predicted octanol–water partition coefficient (Wildman–Crippen LogP) is 1.71. The fourth-order valence-electron chi connectivity index (χ4n) is 2.59. The van der Waals surface area contributed by atoms with Crippen LogP contribution in [0, 0.1) is 11.7 Å². The van der Waals surface area contributed by atoms with E-state index in [1.807, 2.05) is 0 Å². The maximum Gasteiger partial charge on any atom is 0.223 e. The number of amides is 2. The van der Waals surface area contributed by atoms with Gasteiger partial charge in [0.2, 0.25) is 11.8 Å². The van der Waals surface area contributed by atoms with Crippen LogP contribution in [0.15, 0.2) is 24.3 Å². The second-order valence-corrected chi connectivity index (χ2v) is 5.58. The van der Waals surface area contributed by atoms with Crippen LogP contribution in [-0.2, 0) is 9.59 Å². The number of carbonyl (C=O) groups is 2. The molecule has 1 aromatic rings. The standard InChI is InChI=1S/C16H21FN2O3/c17-13-4-1-5-14(9-13)22-11-12-3-2-8-19(10-12)16(21)7-6-15(18)20/h1,4-5,9,12H,2-3,6-8,10-11H2,(H2,18,20)/t12-/m0/s1. The van der Waals surface area contributed by atoms with Gasteiger partial charge in [-0.25, -0.2) is 4.39 Å². The number of nitrogens with two attached hydrogens (primary N) is 1. The molecule has 2 N–H and O–H groups in total. The molecule has 5 nitrogen and oxygen atoms in total. The molecule has 0 saturated carbocycles. The average molecular weight is 308 g/mol. The molecule has 120 valence electrons. The number of halogens is 1. The highest BCUT2D eigenvalue weighted by molar-refractivity contribution is 5.82. The zero-order valence-electron chi connectivity index (χ0n) is 12.5. The number of hydrogen-bond acceptors (Lipinski definition) is 3. The molecule has 2 rings (SSSR count). The predicted molar refractivity (Wildman–Crippen MR) is 79.6 cm³/mol. The second kappa shape index (κ2) is 7.77. The number of likely N-dealkylation sites (tertiary alicyclic amines) is 1. The van der Waals surface area contributed by atoms with E-state index in [0.717, 1.165) is 12.8 Å². The summed E-state index contributed by atoms with van der Waals surface area (Å²) in [7, 11) is 0. The van der Waals surface area contributed by atoms with Crippen molar-refractivity contribution in [3.05, 3.63) is 30.1 Å². The average Bonchev–Trinajstić information content (AvgIpc) is 2.51. The van der Waals surface area contributed by atoms with Gasteiger partial charge in [-0.05, 0) is 25.0 Å². The first-order chi connectivity index (χ1) is 10.5. The Morgan fingerprint density at radius 1 is 1.36 bits per heavy atom. The normalized spacial score (nSPS) is 18.0. The Morgan fingerprint density at radius 2 is 2.18 bits per heavy atom. The molecule has 0 bridgehead atoms. The zero-order chi connectivity index (χ0) is 15.9.